The molecule has 4 nitrogen and oxygen atoms in total. The third-order valence-electron chi connectivity index (χ3n) is 3.69. The Labute approximate surface area is 175 Å². The Morgan fingerprint density at radius 1 is 1.24 bits per heavy atom. The molecule has 25 heavy (non-hydrogen) atoms. The lowest BCUT2D eigenvalue weighted by Gasteiger charge is -2.21. The van der Waals surface area contributed by atoms with E-state index in [1.807, 2.05) is 31.4 Å². The van der Waals surface area contributed by atoms with Crippen molar-refractivity contribution in [2.75, 3.05) is 19.6 Å². The molecule has 0 fully saturated rings. The van der Waals surface area contributed by atoms with Gasteiger partial charge in [0.15, 0.2) is 5.96 Å². The minimum atomic E-state index is -0.931. The van der Waals surface area contributed by atoms with Gasteiger partial charge in [-0.3, -0.25) is 0 Å². The SMILES string of the molecule is CCNC(=NCC(C)(O)c1cccs1)NCC(C)Cc1cccs1.I. The molecule has 2 atom stereocenters. The number of hydrogen-bond acceptors (Lipinski definition) is 4. The second-order valence-corrected chi connectivity index (χ2v) is 8.20. The smallest absolute Gasteiger partial charge is 0.191 e. The van der Waals surface area contributed by atoms with Crippen LogP contribution in [0.25, 0.3) is 0 Å². The summed E-state index contributed by atoms with van der Waals surface area (Å²) in [5, 5.41) is 21.3. The molecule has 0 radical (unpaired) electrons. The van der Waals surface area contributed by atoms with Gasteiger partial charge in [0, 0.05) is 22.8 Å². The molecule has 0 spiro atoms. The number of hydrogen-bond donors (Lipinski definition) is 3. The molecule has 0 aliphatic heterocycles. The van der Waals surface area contributed by atoms with Gasteiger partial charge in [0.2, 0.25) is 0 Å². The van der Waals surface area contributed by atoms with Crippen molar-refractivity contribution in [3.05, 3.63) is 44.8 Å². The third-order valence-corrected chi connectivity index (χ3v) is 5.71. The Kier molecular flexibility index (Phi) is 9.99. The summed E-state index contributed by atoms with van der Waals surface area (Å²) in [5.74, 6) is 1.28. The number of rotatable bonds is 8. The van der Waals surface area contributed by atoms with Crippen LogP contribution in [0.2, 0.25) is 0 Å². The summed E-state index contributed by atoms with van der Waals surface area (Å²) < 4.78 is 0. The first-order chi connectivity index (χ1) is 11.5. The van der Waals surface area contributed by atoms with Gasteiger partial charge in [-0.25, -0.2) is 4.99 Å². The molecule has 0 saturated carbocycles. The minimum absolute atomic E-state index is 0. The van der Waals surface area contributed by atoms with Crippen LogP contribution >= 0.6 is 46.7 Å². The van der Waals surface area contributed by atoms with E-state index in [9.17, 15) is 5.11 Å². The van der Waals surface area contributed by atoms with Crippen LogP contribution < -0.4 is 10.6 Å². The van der Waals surface area contributed by atoms with Gasteiger partial charge in [0.25, 0.3) is 0 Å². The molecule has 2 rings (SSSR count). The van der Waals surface area contributed by atoms with Gasteiger partial charge in [-0.1, -0.05) is 19.1 Å². The van der Waals surface area contributed by atoms with Crippen LogP contribution in [0, 0.1) is 5.92 Å². The summed E-state index contributed by atoms with van der Waals surface area (Å²) in [6, 6.07) is 8.18. The third kappa shape index (κ3) is 7.64. The van der Waals surface area contributed by atoms with Gasteiger partial charge in [-0.05, 0) is 49.1 Å². The molecule has 2 unspecified atom stereocenters. The molecule has 2 heterocycles. The summed E-state index contributed by atoms with van der Waals surface area (Å²) in [6.07, 6.45) is 1.07. The van der Waals surface area contributed by atoms with Crippen LogP contribution in [0.4, 0.5) is 0 Å². The first kappa shape index (κ1) is 22.4. The van der Waals surface area contributed by atoms with Crippen LogP contribution in [0.1, 0.15) is 30.5 Å². The Morgan fingerprint density at radius 3 is 2.56 bits per heavy atom. The van der Waals surface area contributed by atoms with Gasteiger partial charge in [-0.15, -0.1) is 46.7 Å². The van der Waals surface area contributed by atoms with Crippen LogP contribution in [0.3, 0.4) is 0 Å². The van der Waals surface area contributed by atoms with Gasteiger partial charge >= 0.3 is 0 Å². The largest absolute Gasteiger partial charge is 0.383 e. The molecule has 7 heteroatoms. The number of aliphatic imine (C=N–C) groups is 1. The number of nitrogens with one attached hydrogen (secondary N) is 2. The zero-order valence-electron chi connectivity index (χ0n) is 15.0. The highest BCUT2D eigenvalue weighted by molar-refractivity contribution is 14.0. The van der Waals surface area contributed by atoms with Crippen LogP contribution in [0.5, 0.6) is 0 Å². The van der Waals surface area contributed by atoms with Crippen LogP contribution in [-0.2, 0) is 12.0 Å². The average molecular weight is 493 g/mol. The van der Waals surface area contributed by atoms with Crippen molar-refractivity contribution in [1.82, 2.24) is 10.6 Å². The molecule has 0 aliphatic carbocycles. The maximum Gasteiger partial charge on any atom is 0.191 e. The molecule has 2 aromatic rings. The lowest BCUT2D eigenvalue weighted by molar-refractivity contribution is 0.0711. The van der Waals surface area contributed by atoms with Crippen LogP contribution in [-0.4, -0.2) is 30.7 Å². The molecular formula is C18H28IN3OS2. The molecule has 0 amide bonds. The van der Waals surface area contributed by atoms with E-state index in [1.54, 1.807) is 22.7 Å². The Hall–Kier alpha value is -0.640. The highest BCUT2D eigenvalue weighted by Crippen LogP contribution is 2.25. The van der Waals surface area contributed by atoms with Crippen molar-refractivity contribution in [1.29, 1.82) is 0 Å². The summed E-state index contributed by atoms with van der Waals surface area (Å²) in [7, 11) is 0. The van der Waals surface area contributed by atoms with E-state index in [0.717, 1.165) is 30.3 Å². The van der Waals surface area contributed by atoms with Gasteiger partial charge in [0.05, 0.1) is 6.54 Å². The van der Waals surface area contributed by atoms with Gasteiger partial charge in [0.1, 0.15) is 5.60 Å². The lowest BCUT2D eigenvalue weighted by atomic mass is 10.1. The minimum Gasteiger partial charge on any atom is -0.383 e. The maximum absolute atomic E-state index is 10.6. The van der Waals surface area contributed by atoms with Crippen molar-refractivity contribution in [2.24, 2.45) is 10.9 Å². The number of aliphatic hydroxyl groups is 1. The van der Waals surface area contributed by atoms with E-state index >= 15 is 0 Å². The number of halogens is 1. The number of thiophene rings is 2. The van der Waals surface area contributed by atoms with Crippen molar-refractivity contribution >= 4 is 52.6 Å². The predicted molar refractivity (Wildman–Crippen MR) is 120 cm³/mol. The molecule has 0 aromatic carbocycles. The van der Waals surface area contributed by atoms with E-state index in [1.165, 1.54) is 4.88 Å². The summed E-state index contributed by atoms with van der Waals surface area (Å²) in [6.45, 7) is 8.08. The Bertz CT molecular complexity index is 612. The standard InChI is InChI=1S/C18H27N3OS2.HI/c1-4-19-17(20-12-14(2)11-15-7-5-9-23-15)21-13-18(3,22)16-8-6-10-24-16;/h5-10,14,22H,4,11-13H2,1-3H3,(H2,19,20,21);1H. The van der Waals surface area contributed by atoms with E-state index in [-0.39, 0.29) is 24.0 Å². The fourth-order valence-corrected chi connectivity index (χ4v) is 4.00. The Morgan fingerprint density at radius 2 is 1.96 bits per heavy atom. The van der Waals surface area contributed by atoms with Crippen molar-refractivity contribution < 1.29 is 5.11 Å². The first-order valence-corrected chi connectivity index (χ1v) is 10.1. The van der Waals surface area contributed by atoms with Gasteiger partial charge in [-0.2, -0.15) is 0 Å². The van der Waals surface area contributed by atoms with E-state index in [4.69, 9.17) is 0 Å². The molecule has 0 saturated heterocycles. The molecular weight excluding hydrogens is 465 g/mol. The average Bonchev–Trinajstić information content (AvgIpc) is 3.23. The zero-order valence-corrected chi connectivity index (χ0v) is 19.0. The second kappa shape index (κ2) is 11.2. The number of nitrogens with zero attached hydrogens (tertiary/aromatic N) is 1. The molecule has 3 N–H and O–H groups in total. The van der Waals surface area contributed by atoms with Crippen molar-refractivity contribution in [3.63, 3.8) is 0 Å². The molecule has 0 bridgehead atoms. The first-order valence-electron chi connectivity index (χ1n) is 8.32. The summed E-state index contributed by atoms with van der Waals surface area (Å²) >= 11 is 3.36. The summed E-state index contributed by atoms with van der Waals surface area (Å²) in [4.78, 5) is 6.91. The summed E-state index contributed by atoms with van der Waals surface area (Å²) in [5.41, 5.74) is -0.931. The quantitative estimate of drug-likeness (QED) is 0.295. The van der Waals surface area contributed by atoms with E-state index < -0.39 is 5.60 Å². The highest BCUT2D eigenvalue weighted by Gasteiger charge is 2.24. The monoisotopic (exact) mass is 493 g/mol. The normalized spacial score (nSPS) is 15.1. The topological polar surface area (TPSA) is 56.7 Å². The highest BCUT2D eigenvalue weighted by atomic mass is 127. The lowest BCUT2D eigenvalue weighted by Crippen LogP contribution is -2.40. The second-order valence-electron chi connectivity index (χ2n) is 6.22. The van der Waals surface area contributed by atoms with Gasteiger partial charge < -0.3 is 15.7 Å². The fourth-order valence-electron chi connectivity index (χ4n) is 2.35. The number of guanidine groups is 1. The molecule has 140 valence electrons. The Balaban J connectivity index is 0.00000312. The van der Waals surface area contributed by atoms with Crippen molar-refractivity contribution in [3.8, 4) is 0 Å². The van der Waals surface area contributed by atoms with E-state index in [2.05, 4.69) is 40.1 Å². The maximum atomic E-state index is 10.6. The zero-order chi connectivity index (χ0) is 17.4. The molecule has 2 aromatic heterocycles. The molecule has 0 aliphatic rings. The van der Waals surface area contributed by atoms with E-state index in [0.29, 0.717) is 12.5 Å². The predicted octanol–water partition coefficient (Wildman–Crippen LogP) is 4.07. The fraction of sp³-hybridized carbons (Fsp3) is 0.500. The van der Waals surface area contributed by atoms with Crippen LogP contribution in [0.15, 0.2) is 40.0 Å². The van der Waals surface area contributed by atoms with Crippen molar-refractivity contribution in [2.45, 2.75) is 32.8 Å².